The van der Waals surface area contributed by atoms with Crippen LogP contribution in [0, 0.1) is 0 Å². The van der Waals surface area contributed by atoms with Gasteiger partial charge in [-0.2, -0.15) is 0 Å². The number of unbranched alkanes of at least 4 members (excludes halogenated alkanes) is 42. The van der Waals surface area contributed by atoms with E-state index in [9.17, 15) is 0 Å². The molecule has 1 heteroatoms. The fourth-order valence-corrected chi connectivity index (χ4v) is 14.2. The van der Waals surface area contributed by atoms with Crippen LogP contribution in [-0.4, -0.2) is 17.0 Å². The summed E-state index contributed by atoms with van der Waals surface area (Å²) in [6.45, 7) is 15.1. The summed E-state index contributed by atoms with van der Waals surface area (Å²) in [5, 5.41) is 0. The SMILES string of the molecule is CCCCCCCCCCCCCCCCCC(C)P(C(C)CCCCCCCCCCCCCCCCC)C(C)CCCCCCCCCCCCCCCCC. The van der Waals surface area contributed by atoms with E-state index in [4.69, 9.17) is 0 Å². The summed E-state index contributed by atoms with van der Waals surface area (Å²) >= 11 is 0. The van der Waals surface area contributed by atoms with Gasteiger partial charge in [-0.3, -0.25) is 0 Å². The average Bonchev–Trinajstić information content (AvgIpc) is 3.22. The van der Waals surface area contributed by atoms with Gasteiger partial charge in [0.2, 0.25) is 0 Å². The zero-order chi connectivity index (χ0) is 42.3. The summed E-state index contributed by atoms with van der Waals surface area (Å²) < 4.78 is 0. The minimum absolute atomic E-state index is 0.128. The molecule has 0 N–H and O–H groups in total. The highest BCUT2D eigenvalue weighted by atomic mass is 31.1. The molecule has 0 aromatic heterocycles. The predicted molar refractivity (Wildman–Crippen MR) is 274 cm³/mol. The molecule has 0 spiro atoms. The van der Waals surface area contributed by atoms with Crippen molar-refractivity contribution in [2.24, 2.45) is 0 Å². The fraction of sp³-hybridized carbons (Fsp3) is 1.00. The summed E-state index contributed by atoms with van der Waals surface area (Å²) in [5.41, 5.74) is 2.90. The third-order valence-electron chi connectivity index (χ3n) is 14.2. The van der Waals surface area contributed by atoms with E-state index in [2.05, 4.69) is 41.5 Å². The minimum Gasteiger partial charge on any atom is -0.0980 e. The monoisotopic (exact) mass is 833 g/mol. The van der Waals surface area contributed by atoms with E-state index in [1.54, 1.807) is 0 Å². The molecule has 58 heavy (non-hydrogen) atoms. The Bertz CT molecular complexity index is 621. The molecule has 0 aromatic carbocycles. The molecule has 0 amide bonds. The Labute approximate surface area is 373 Å². The van der Waals surface area contributed by atoms with Gasteiger partial charge < -0.3 is 0 Å². The second kappa shape index (κ2) is 50.1. The van der Waals surface area contributed by atoms with Crippen molar-refractivity contribution in [3.63, 3.8) is 0 Å². The molecule has 0 rings (SSSR count). The van der Waals surface area contributed by atoms with Gasteiger partial charge in [-0.25, -0.2) is 0 Å². The van der Waals surface area contributed by atoms with Crippen LogP contribution in [0.25, 0.3) is 0 Å². The number of hydrogen-bond donors (Lipinski definition) is 0. The van der Waals surface area contributed by atoms with Crippen molar-refractivity contribution in [2.45, 2.75) is 367 Å². The third-order valence-corrected chi connectivity index (χ3v) is 18.0. The van der Waals surface area contributed by atoms with Gasteiger partial charge in [-0.05, 0) is 36.2 Å². The first kappa shape index (κ1) is 58.4. The zero-order valence-corrected chi connectivity index (χ0v) is 43.0. The molecule has 0 saturated heterocycles. The molecular weight excluding hydrogens is 716 g/mol. The highest BCUT2D eigenvalue weighted by Gasteiger charge is 2.27. The second-order valence-corrected chi connectivity index (χ2v) is 23.7. The standard InChI is InChI=1S/C57H117P/c1-7-10-13-16-19-22-25-28-31-34-37-40-43-46-49-52-55(4)58(56(5)53-50-47-44-41-38-35-32-29-26-23-20-17-14-11-8-2)57(6)54-51-48-45-42-39-36-33-30-27-24-21-18-15-12-9-3/h55-57H,7-54H2,1-6H3. The molecule has 350 valence electrons. The Hall–Kier alpha value is 0.430. The fourth-order valence-electron chi connectivity index (χ4n) is 10.2. The van der Waals surface area contributed by atoms with Gasteiger partial charge in [0.15, 0.2) is 0 Å². The lowest BCUT2D eigenvalue weighted by Crippen LogP contribution is -2.18. The molecule has 0 radical (unpaired) electrons. The van der Waals surface area contributed by atoms with E-state index < -0.39 is 0 Å². The van der Waals surface area contributed by atoms with Crippen LogP contribution >= 0.6 is 7.92 Å². The van der Waals surface area contributed by atoms with Gasteiger partial charge in [-0.1, -0.05) is 338 Å². The van der Waals surface area contributed by atoms with Crippen molar-refractivity contribution in [3.05, 3.63) is 0 Å². The summed E-state index contributed by atoms with van der Waals surface area (Å²) in [4.78, 5) is 0. The lowest BCUT2D eigenvalue weighted by molar-refractivity contribution is 0.525. The van der Waals surface area contributed by atoms with Crippen LogP contribution in [0.5, 0.6) is 0 Å². The molecule has 0 aliphatic heterocycles. The van der Waals surface area contributed by atoms with Gasteiger partial charge in [-0.15, -0.1) is 0 Å². The Morgan fingerprint density at radius 2 is 0.310 bits per heavy atom. The number of rotatable bonds is 51. The third kappa shape index (κ3) is 43.1. The van der Waals surface area contributed by atoms with Gasteiger partial charge in [0.1, 0.15) is 0 Å². The molecule has 0 aliphatic carbocycles. The van der Waals surface area contributed by atoms with Gasteiger partial charge >= 0.3 is 0 Å². The summed E-state index contributed by atoms with van der Waals surface area (Å²) in [6.07, 6.45) is 71.0. The Kier molecular flexibility index (Phi) is 50.5. The summed E-state index contributed by atoms with van der Waals surface area (Å²) in [7, 11) is 0.128. The highest BCUT2D eigenvalue weighted by Crippen LogP contribution is 2.55. The van der Waals surface area contributed by atoms with Crippen molar-refractivity contribution in [1.29, 1.82) is 0 Å². The molecule has 0 aliphatic rings. The van der Waals surface area contributed by atoms with Gasteiger partial charge in [0.05, 0.1) is 0 Å². The van der Waals surface area contributed by atoms with E-state index in [-0.39, 0.29) is 7.92 Å². The van der Waals surface area contributed by atoms with Crippen molar-refractivity contribution in [1.82, 2.24) is 0 Å². The van der Waals surface area contributed by atoms with Crippen LogP contribution in [0.3, 0.4) is 0 Å². The van der Waals surface area contributed by atoms with Gasteiger partial charge in [0, 0.05) is 0 Å². The van der Waals surface area contributed by atoms with Crippen molar-refractivity contribution in [2.75, 3.05) is 0 Å². The largest absolute Gasteiger partial charge is 0.0980 e. The Morgan fingerprint density at radius 1 is 0.190 bits per heavy atom. The van der Waals surface area contributed by atoms with E-state index in [1.807, 2.05) is 0 Å². The molecule has 0 saturated carbocycles. The van der Waals surface area contributed by atoms with Crippen LogP contribution in [0.15, 0.2) is 0 Å². The lowest BCUT2D eigenvalue weighted by Gasteiger charge is -2.36. The van der Waals surface area contributed by atoms with E-state index in [1.165, 1.54) is 308 Å². The van der Waals surface area contributed by atoms with Crippen LogP contribution in [0.2, 0.25) is 0 Å². The van der Waals surface area contributed by atoms with E-state index in [0.717, 1.165) is 17.0 Å². The quantitative estimate of drug-likeness (QED) is 0.0423. The average molecular weight is 834 g/mol. The zero-order valence-electron chi connectivity index (χ0n) is 42.1. The number of hydrogen-bond acceptors (Lipinski definition) is 0. The first-order valence-electron chi connectivity index (χ1n) is 28.4. The summed E-state index contributed by atoms with van der Waals surface area (Å²) in [6, 6.07) is 0. The molecule has 3 atom stereocenters. The molecule has 0 bridgehead atoms. The first-order chi connectivity index (χ1) is 28.6. The van der Waals surface area contributed by atoms with Crippen molar-refractivity contribution >= 4 is 7.92 Å². The molecule has 0 nitrogen and oxygen atoms in total. The maximum absolute atomic E-state index is 2.70. The second-order valence-electron chi connectivity index (χ2n) is 20.2. The topological polar surface area (TPSA) is 0 Å². The molecule has 3 unspecified atom stereocenters. The molecule has 0 aromatic rings. The lowest BCUT2D eigenvalue weighted by atomic mass is 10.0. The van der Waals surface area contributed by atoms with Crippen LogP contribution in [-0.2, 0) is 0 Å². The van der Waals surface area contributed by atoms with E-state index in [0.29, 0.717) is 0 Å². The van der Waals surface area contributed by atoms with E-state index >= 15 is 0 Å². The first-order valence-corrected chi connectivity index (χ1v) is 29.9. The molecular formula is C57H117P. The minimum atomic E-state index is 0.128. The van der Waals surface area contributed by atoms with Crippen molar-refractivity contribution in [3.8, 4) is 0 Å². The maximum Gasteiger partial charge on any atom is -0.0233 e. The predicted octanol–water partition coefficient (Wildman–Crippen LogP) is 22.4. The Balaban J connectivity index is 4.33. The smallest absolute Gasteiger partial charge is 0.0233 e. The highest BCUT2D eigenvalue weighted by molar-refractivity contribution is 7.59. The Morgan fingerprint density at radius 3 is 0.448 bits per heavy atom. The van der Waals surface area contributed by atoms with Crippen molar-refractivity contribution < 1.29 is 0 Å². The van der Waals surface area contributed by atoms with Crippen LogP contribution < -0.4 is 0 Å². The molecule has 0 fully saturated rings. The van der Waals surface area contributed by atoms with Crippen LogP contribution in [0.4, 0.5) is 0 Å². The molecule has 0 heterocycles. The van der Waals surface area contributed by atoms with Gasteiger partial charge in [0.25, 0.3) is 0 Å². The summed E-state index contributed by atoms with van der Waals surface area (Å²) in [5.74, 6) is 0. The van der Waals surface area contributed by atoms with Crippen LogP contribution in [0.1, 0.15) is 350 Å². The maximum atomic E-state index is 2.70. The normalized spacial score (nSPS) is 14.0.